The second-order valence-electron chi connectivity index (χ2n) is 10.8. The van der Waals surface area contributed by atoms with Crippen LogP contribution in [0.2, 0.25) is 5.02 Å². The number of esters is 2. The zero-order valence-corrected chi connectivity index (χ0v) is 27.8. The third kappa shape index (κ3) is 9.77. The van der Waals surface area contributed by atoms with Crippen molar-refractivity contribution >= 4 is 35.9 Å². The van der Waals surface area contributed by atoms with Gasteiger partial charge in [-0.3, -0.25) is 0 Å². The van der Waals surface area contributed by atoms with Crippen molar-refractivity contribution in [2.24, 2.45) is 0 Å². The highest BCUT2D eigenvalue weighted by molar-refractivity contribution is 6.30. The van der Waals surface area contributed by atoms with Crippen molar-refractivity contribution in [3.05, 3.63) is 119 Å². The van der Waals surface area contributed by atoms with Crippen molar-refractivity contribution in [2.75, 3.05) is 33.0 Å². The number of hydrogen-bond donors (Lipinski definition) is 2. The van der Waals surface area contributed by atoms with Crippen LogP contribution in [-0.4, -0.2) is 61.8 Å². The van der Waals surface area contributed by atoms with Gasteiger partial charge in [-0.1, -0.05) is 66.2 Å². The van der Waals surface area contributed by atoms with Crippen LogP contribution in [0.3, 0.4) is 0 Å². The molecule has 0 aromatic heterocycles. The van der Waals surface area contributed by atoms with E-state index >= 15 is 0 Å². The van der Waals surface area contributed by atoms with E-state index < -0.39 is 23.8 Å². The molecule has 0 bridgehead atoms. The van der Waals surface area contributed by atoms with Crippen LogP contribution in [0.4, 0.5) is 0 Å². The zero-order valence-electron chi connectivity index (χ0n) is 26.2. The van der Waals surface area contributed by atoms with E-state index in [4.69, 9.17) is 40.0 Å². The van der Waals surface area contributed by atoms with Crippen molar-refractivity contribution in [2.45, 2.75) is 31.3 Å². The summed E-state index contributed by atoms with van der Waals surface area (Å²) in [5.41, 5.74) is 1.56. The maximum absolute atomic E-state index is 13.4. The first kappa shape index (κ1) is 36.4. The van der Waals surface area contributed by atoms with Gasteiger partial charge in [0.2, 0.25) is 0 Å². The van der Waals surface area contributed by atoms with Crippen LogP contribution in [0.5, 0.6) is 23.0 Å². The Labute approximate surface area is 290 Å². The Kier molecular flexibility index (Phi) is 13.3. The Balaban J connectivity index is 0.00000520. The van der Waals surface area contributed by atoms with E-state index in [1.54, 1.807) is 54.6 Å². The van der Waals surface area contributed by atoms with E-state index in [2.05, 4.69) is 5.32 Å². The summed E-state index contributed by atoms with van der Waals surface area (Å²) in [4.78, 5) is 26.8. The number of fused-ring (bicyclic) bond motifs is 1. The van der Waals surface area contributed by atoms with Crippen molar-refractivity contribution < 1.29 is 43.1 Å². The smallest absolute Gasteiger partial charge is 0.453 e. The number of carbonyl (C=O) groups excluding carboxylic acids is 2. The van der Waals surface area contributed by atoms with E-state index in [1.807, 2.05) is 55.5 Å². The Hall–Kier alpha value is -4.48. The lowest BCUT2D eigenvalue weighted by atomic mass is 10.1. The highest BCUT2D eigenvalue weighted by atomic mass is 35.5. The third-order valence-corrected chi connectivity index (χ3v) is 7.38. The third-order valence-electron chi connectivity index (χ3n) is 7.14. The quantitative estimate of drug-likeness (QED) is 0.0853. The summed E-state index contributed by atoms with van der Waals surface area (Å²) in [6.07, 6.45) is -0.184. The van der Waals surface area contributed by atoms with E-state index in [0.29, 0.717) is 35.1 Å². The van der Waals surface area contributed by atoms with Crippen molar-refractivity contribution in [3.8, 4) is 23.0 Å². The lowest BCUT2D eigenvalue weighted by molar-refractivity contribution is -0.203. The van der Waals surface area contributed by atoms with Crippen LogP contribution >= 0.6 is 24.0 Å². The summed E-state index contributed by atoms with van der Waals surface area (Å²) >= 11 is 6.05. The van der Waals surface area contributed by atoms with Gasteiger partial charge in [-0.2, -0.15) is 0 Å². The van der Waals surface area contributed by atoms with Crippen LogP contribution in [-0.2, 0) is 25.5 Å². The van der Waals surface area contributed by atoms with Gasteiger partial charge in [-0.25, -0.2) is 9.59 Å². The molecule has 2 atom stereocenters. The number of benzene rings is 4. The lowest BCUT2D eigenvalue weighted by Gasteiger charge is -2.23. The standard InChI is InChI=1S/C36H36ClNO9.ClH/c1-25(38-24-31(39)27-9-8-10-28(37)23-27)21-26-15-16-32-33(22-26)47-36(46-32,34(40)44-19-17-42-29-11-4-2-5-12-29)35(41)45-20-18-43-30-13-6-3-7-14-30;/h2-16,22-23,25,31,38-39H,17-21,24H2,1H3;1H. The molecule has 1 aliphatic rings. The molecule has 0 fully saturated rings. The lowest BCUT2D eigenvalue weighted by Crippen LogP contribution is -2.56. The van der Waals surface area contributed by atoms with Gasteiger partial charge < -0.3 is 38.8 Å². The number of para-hydroxylation sites is 2. The average Bonchev–Trinajstić information content (AvgIpc) is 3.49. The summed E-state index contributed by atoms with van der Waals surface area (Å²) < 4.78 is 33.7. The Bertz CT molecular complexity index is 1570. The summed E-state index contributed by atoms with van der Waals surface area (Å²) in [5.74, 6) is -3.09. The minimum atomic E-state index is -2.51. The van der Waals surface area contributed by atoms with Crippen LogP contribution in [0.15, 0.2) is 103 Å². The van der Waals surface area contributed by atoms with Gasteiger partial charge in [0.05, 0.1) is 6.10 Å². The van der Waals surface area contributed by atoms with E-state index in [9.17, 15) is 14.7 Å². The summed E-state index contributed by atoms with van der Waals surface area (Å²) in [5, 5.41) is 14.4. The molecule has 1 aliphatic heterocycles. The van der Waals surface area contributed by atoms with Crippen LogP contribution in [0.1, 0.15) is 24.2 Å². The molecule has 2 N–H and O–H groups in total. The van der Waals surface area contributed by atoms with Gasteiger partial charge in [0, 0.05) is 17.6 Å². The first-order valence-corrected chi connectivity index (χ1v) is 15.6. The SMILES string of the molecule is CC(Cc1ccc2c(c1)OC(C(=O)OCCOc1ccccc1)(C(=O)OCCOc1ccccc1)O2)NCC(O)c1cccc(Cl)c1.Cl. The molecule has 0 radical (unpaired) electrons. The minimum Gasteiger partial charge on any atom is -0.490 e. The first-order chi connectivity index (χ1) is 22.8. The molecular formula is C36H37Cl2NO9. The normalized spacial score (nSPS) is 13.8. The predicted octanol–water partition coefficient (Wildman–Crippen LogP) is 5.73. The Morgan fingerprint density at radius 3 is 1.94 bits per heavy atom. The first-order valence-electron chi connectivity index (χ1n) is 15.2. The van der Waals surface area contributed by atoms with E-state index in [-0.39, 0.29) is 56.4 Å². The van der Waals surface area contributed by atoms with Gasteiger partial charge in [-0.15, -0.1) is 12.4 Å². The van der Waals surface area contributed by atoms with Crippen LogP contribution in [0.25, 0.3) is 0 Å². The Morgan fingerprint density at radius 2 is 1.35 bits per heavy atom. The fourth-order valence-electron chi connectivity index (χ4n) is 4.81. The van der Waals surface area contributed by atoms with Gasteiger partial charge in [-0.05, 0) is 73.0 Å². The van der Waals surface area contributed by atoms with Crippen molar-refractivity contribution in [1.82, 2.24) is 5.32 Å². The molecule has 0 saturated heterocycles. The second kappa shape index (κ2) is 17.6. The number of ether oxygens (including phenoxy) is 6. The number of halogens is 2. The number of aliphatic hydroxyl groups excluding tert-OH is 1. The number of nitrogens with one attached hydrogen (secondary N) is 1. The topological polar surface area (TPSA) is 122 Å². The molecule has 5 rings (SSSR count). The molecule has 4 aromatic carbocycles. The number of rotatable bonds is 16. The predicted molar refractivity (Wildman–Crippen MR) is 181 cm³/mol. The highest BCUT2D eigenvalue weighted by Gasteiger charge is 2.60. The monoisotopic (exact) mass is 697 g/mol. The Morgan fingerprint density at radius 1 is 0.771 bits per heavy atom. The molecule has 0 saturated carbocycles. The fraction of sp³-hybridized carbons (Fsp3) is 0.278. The summed E-state index contributed by atoms with van der Waals surface area (Å²) in [7, 11) is 0. The number of hydrogen-bond acceptors (Lipinski definition) is 10. The maximum atomic E-state index is 13.4. The van der Waals surface area contributed by atoms with Crippen LogP contribution in [0, 0.1) is 0 Å². The molecule has 12 heteroatoms. The largest absolute Gasteiger partial charge is 0.490 e. The number of aliphatic hydroxyl groups is 1. The van der Waals surface area contributed by atoms with Gasteiger partial charge >= 0.3 is 17.7 Å². The molecule has 1 heterocycles. The van der Waals surface area contributed by atoms with E-state index in [1.165, 1.54) is 0 Å². The van der Waals surface area contributed by atoms with Crippen molar-refractivity contribution in [1.29, 1.82) is 0 Å². The van der Waals surface area contributed by atoms with Gasteiger partial charge in [0.1, 0.15) is 37.9 Å². The molecule has 254 valence electrons. The fourth-order valence-corrected chi connectivity index (χ4v) is 5.00. The summed E-state index contributed by atoms with van der Waals surface area (Å²) in [6, 6.07) is 30.2. The maximum Gasteiger partial charge on any atom is 0.453 e. The summed E-state index contributed by atoms with van der Waals surface area (Å²) in [6.45, 7) is 2.04. The van der Waals surface area contributed by atoms with Crippen LogP contribution < -0.4 is 24.3 Å². The molecule has 0 amide bonds. The molecule has 0 spiro atoms. The number of carbonyl (C=O) groups is 2. The molecule has 48 heavy (non-hydrogen) atoms. The molecule has 4 aromatic rings. The zero-order chi connectivity index (χ0) is 33.1. The minimum absolute atomic E-state index is 0. The van der Waals surface area contributed by atoms with Crippen molar-refractivity contribution in [3.63, 3.8) is 0 Å². The van der Waals surface area contributed by atoms with Gasteiger partial charge in [0.25, 0.3) is 0 Å². The second-order valence-corrected chi connectivity index (χ2v) is 11.2. The van der Waals surface area contributed by atoms with Gasteiger partial charge in [0.15, 0.2) is 11.5 Å². The molecule has 10 nitrogen and oxygen atoms in total. The average molecular weight is 699 g/mol. The highest BCUT2D eigenvalue weighted by Crippen LogP contribution is 2.41. The molecule has 0 aliphatic carbocycles. The van der Waals surface area contributed by atoms with E-state index in [0.717, 1.165) is 5.56 Å². The molecular weight excluding hydrogens is 661 g/mol. The molecule has 2 unspecified atom stereocenters.